The van der Waals surface area contributed by atoms with Gasteiger partial charge in [-0.25, -0.2) is 0 Å². The Morgan fingerprint density at radius 2 is 2.00 bits per heavy atom. The van der Waals surface area contributed by atoms with Crippen LogP contribution in [0.5, 0.6) is 0 Å². The van der Waals surface area contributed by atoms with Crippen LogP contribution < -0.4 is 0 Å². The van der Waals surface area contributed by atoms with E-state index in [0.29, 0.717) is 6.54 Å². The van der Waals surface area contributed by atoms with Gasteiger partial charge in [-0.1, -0.05) is 24.3 Å². The highest BCUT2D eigenvalue weighted by molar-refractivity contribution is 5.85. The Balaban J connectivity index is 1.93. The maximum atomic E-state index is 12.0. The first-order valence-corrected chi connectivity index (χ1v) is 6.85. The standard InChI is InChI=1S/C16H19NO3/c1-16(2,3)17-8-13(19-10-14(17)18)15-12-7-5-4-6-11(12)9-20-15/h4-7,9,13H,8,10H2,1-3H3. The van der Waals surface area contributed by atoms with Crippen molar-refractivity contribution in [2.45, 2.75) is 32.4 Å². The number of fused-ring (bicyclic) bond motifs is 1. The highest BCUT2D eigenvalue weighted by Crippen LogP contribution is 2.32. The molecule has 2 aromatic rings. The molecule has 3 rings (SSSR count). The number of hydrogen-bond donors (Lipinski definition) is 0. The molecule has 1 fully saturated rings. The Kier molecular flexibility index (Phi) is 3.05. The second-order valence-electron chi connectivity index (χ2n) is 6.16. The lowest BCUT2D eigenvalue weighted by Gasteiger charge is -2.41. The van der Waals surface area contributed by atoms with Gasteiger partial charge < -0.3 is 14.1 Å². The second-order valence-corrected chi connectivity index (χ2v) is 6.16. The fraction of sp³-hybridized carbons (Fsp3) is 0.438. The van der Waals surface area contributed by atoms with Gasteiger partial charge in [-0.05, 0) is 20.8 Å². The summed E-state index contributed by atoms with van der Waals surface area (Å²) < 4.78 is 11.4. The van der Waals surface area contributed by atoms with E-state index in [1.165, 1.54) is 0 Å². The van der Waals surface area contributed by atoms with Crippen molar-refractivity contribution in [2.24, 2.45) is 0 Å². The number of amides is 1. The number of ether oxygens (including phenoxy) is 1. The maximum absolute atomic E-state index is 12.0. The summed E-state index contributed by atoms with van der Waals surface area (Å²) in [7, 11) is 0. The molecule has 1 atom stereocenters. The molecule has 0 bridgehead atoms. The minimum atomic E-state index is -0.207. The summed E-state index contributed by atoms with van der Waals surface area (Å²) in [5.41, 5.74) is -0.207. The molecule has 1 saturated heterocycles. The van der Waals surface area contributed by atoms with Gasteiger partial charge in [0.1, 0.15) is 18.5 Å². The predicted molar refractivity (Wildman–Crippen MR) is 76.4 cm³/mol. The summed E-state index contributed by atoms with van der Waals surface area (Å²) in [6, 6.07) is 8.00. The van der Waals surface area contributed by atoms with E-state index in [4.69, 9.17) is 9.15 Å². The van der Waals surface area contributed by atoms with Crippen molar-refractivity contribution in [3.8, 4) is 0 Å². The molecule has 1 amide bonds. The molecule has 0 aliphatic carbocycles. The Labute approximate surface area is 118 Å². The van der Waals surface area contributed by atoms with Gasteiger partial charge in [-0.3, -0.25) is 4.79 Å². The fourth-order valence-electron chi connectivity index (χ4n) is 2.64. The Bertz CT molecular complexity index is 638. The van der Waals surface area contributed by atoms with E-state index in [2.05, 4.69) is 0 Å². The third-order valence-corrected chi connectivity index (χ3v) is 3.70. The number of benzene rings is 1. The van der Waals surface area contributed by atoms with E-state index in [1.54, 1.807) is 6.26 Å². The van der Waals surface area contributed by atoms with Crippen LogP contribution in [0.1, 0.15) is 32.6 Å². The van der Waals surface area contributed by atoms with Crippen molar-refractivity contribution in [1.29, 1.82) is 0 Å². The van der Waals surface area contributed by atoms with Gasteiger partial charge in [-0.15, -0.1) is 0 Å². The first-order chi connectivity index (χ1) is 9.47. The minimum absolute atomic E-state index is 0.0320. The van der Waals surface area contributed by atoms with Crippen LogP contribution in [-0.2, 0) is 9.53 Å². The van der Waals surface area contributed by atoms with Gasteiger partial charge in [0.05, 0.1) is 12.8 Å². The summed E-state index contributed by atoms with van der Waals surface area (Å²) in [6.07, 6.45) is 1.54. The SMILES string of the molecule is CC(C)(C)N1CC(c2occ3ccccc23)OCC1=O. The first-order valence-electron chi connectivity index (χ1n) is 6.85. The molecule has 1 unspecified atom stereocenters. The molecule has 1 aromatic carbocycles. The van der Waals surface area contributed by atoms with E-state index >= 15 is 0 Å². The summed E-state index contributed by atoms with van der Waals surface area (Å²) in [5, 5.41) is 2.12. The molecule has 4 nitrogen and oxygen atoms in total. The van der Waals surface area contributed by atoms with Crippen LogP contribution in [0.15, 0.2) is 34.9 Å². The van der Waals surface area contributed by atoms with Gasteiger partial charge in [0.2, 0.25) is 5.91 Å². The number of furan rings is 1. The van der Waals surface area contributed by atoms with E-state index in [0.717, 1.165) is 16.5 Å². The van der Waals surface area contributed by atoms with E-state index in [9.17, 15) is 4.79 Å². The third kappa shape index (κ3) is 2.20. The maximum Gasteiger partial charge on any atom is 0.249 e. The zero-order valence-corrected chi connectivity index (χ0v) is 12.1. The van der Waals surface area contributed by atoms with Crippen molar-refractivity contribution in [2.75, 3.05) is 13.2 Å². The van der Waals surface area contributed by atoms with Crippen molar-refractivity contribution in [1.82, 2.24) is 4.90 Å². The van der Waals surface area contributed by atoms with Crippen LogP contribution in [0.2, 0.25) is 0 Å². The van der Waals surface area contributed by atoms with Crippen LogP contribution >= 0.6 is 0 Å². The molecule has 20 heavy (non-hydrogen) atoms. The molecule has 106 valence electrons. The van der Waals surface area contributed by atoms with Crippen molar-refractivity contribution in [3.05, 3.63) is 36.3 Å². The number of morpholine rings is 1. The van der Waals surface area contributed by atoms with Gasteiger partial charge in [0, 0.05) is 16.3 Å². The average Bonchev–Trinajstić information content (AvgIpc) is 2.82. The van der Waals surface area contributed by atoms with Crippen molar-refractivity contribution in [3.63, 3.8) is 0 Å². The Hall–Kier alpha value is -1.81. The average molecular weight is 273 g/mol. The van der Waals surface area contributed by atoms with Crippen LogP contribution in [0, 0.1) is 0 Å². The molecule has 4 heteroatoms. The monoisotopic (exact) mass is 273 g/mol. The van der Waals surface area contributed by atoms with Crippen molar-refractivity contribution < 1.29 is 13.9 Å². The minimum Gasteiger partial charge on any atom is -0.465 e. The molecular weight excluding hydrogens is 254 g/mol. The van der Waals surface area contributed by atoms with E-state index in [-0.39, 0.29) is 24.2 Å². The quantitative estimate of drug-likeness (QED) is 0.801. The molecule has 1 aliphatic heterocycles. The van der Waals surface area contributed by atoms with Crippen LogP contribution in [0.25, 0.3) is 10.8 Å². The summed E-state index contributed by atoms with van der Waals surface area (Å²) in [5.74, 6) is 0.840. The smallest absolute Gasteiger partial charge is 0.249 e. The highest BCUT2D eigenvalue weighted by atomic mass is 16.5. The van der Waals surface area contributed by atoms with E-state index < -0.39 is 0 Å². The molecule has 0 spiro atoms. The van der Waals surface area contributed by atoms with Crippen LogP contribution in [0.3, 0.4) is 0 Å². The second kappa shape index (κ2) is 4.63. The Morgan fingerprint density at radius 1 is 1.25 bits per heavy atom. The Morgan fingerprint density at radius 3 is 2.75 bits per heavy atom. The van der Waals surface area contributed by atoms with Gasteiger partial charge in [-0.2, -0.15) is 0 Å². The third-order valence-electron chi connectivity index (χ3n) is 3.70. The topological polar surface area (TPSA) is 42.7 Å². The number of carbonyl (C=O) groups excluding carboxylic acids is 1. The molecule has 2 heterocycles. The molecule has 0 saturated carbocycles. The zero-order chi connectivity index (χ0) is 14.3. The van der Waals surface area contributed by atoms with Crippen LogP contribution in [0.4, 0.5) is 0 Å². The summed E-state index contributed by atoms with van der Waals surface area (Å²) in [6.45, 7) is 6.74. The lowest BCUT2D eigenvalue weighted by atomic mass is 10.0. The molecule has 0 radical (unpaired) electrons. The highest BCUT2D eigenvalue weighted by Gasteiger charge is 2.35. The number of carbonyl (C=O) groups is 1. The van der Waals surface area contributed by atoms with Gasteiger partial charge in [0.25, 0.3) is 0 Å². The van der Waals surface area contributed by atoms with Crippen LogP contribution in [-0.4, -0.2) is 29.5 Å². The molecule has 1 aromatic heterocycles. The first kappa shape index (κ1) is 13.2. The molecule has 1 aliphatic rings. The molecular formula is C16H19NO3. The lowest BCUT2D eigenvalue weighted by molar-refractivity contribution is -0.157. The lowest BCUT2D eigenvalue weighted by Crippen LogP contribution is -2.52. The van der Waals surface area contributed by atoms with E-state index in [1.807, 2.05) is 49.9 Å². The van der Waals surface area contributed by atoms with Gasteiger partial charge in [0.15, 0.2) is 0 Å². The van der Waals surface area contributed by atoms with Crippen molar-refractivity contribution >= 4 is 16.7 Å². The summed E-state index contributed by atoms with van der Waals surface area (Å²) in [4.78, 5) is 13.8. The van der Waals surface area contributed by atoms with Gasteiger partial charge >= 0.3 is 0 Å². The predicted octanol–water partition coefficient (Wildman–Crippen LogP) is 3.13. The number of rotatable bonds is 1. The normalized spacial score (nSPS) is 20.6. The fourth-order valence-corrected chi connectivity index (χ4v) is 2.64. The summed E-state index contributed by atoms with van der Waals surface area (Å²) >= 11 is 0. The molecule has 0 N–H and O–H groups in total. The zero-order valence-electron chi connectivity index (χ0n) is 12.1. The number of nitrogens with zero attached hydrogens (tertiary/aromatic N) is 1. The number of hydrogen-bond acceptors (Lipinski definition) is 3. The largest absolute Gasteiger partial charge is 0.465 e.